The Labute approximate surface area is 215 Å². The number of amides is 2. The second-order valence-electron chi connectivity index (χ2n) is 8.21. The van der Waals surface area contributed by atoms with Crippen LogP contribution in [-0.2, 0) is 11.3 Å². The topological polar surface area (TPSA) is 103 Å². The SMILES string of the molecule is COc1cccc(-n2c(=O)c3c(C)c(C(=O)N(C)C)sc3n(CC(=O)Nc3cccc(Cl)c3)c2=O)c1. The summed E-state index contributed by atoms with van der Waals surface area (Å²) in [6, 6.07) is 13.1. The van der Waals surface area contributed by atoms with Gasteiger partial charge in [-0.1, -0.05) is 23.7 Å². The molecule has 9 nitrogen and oxygen atoms in total. The predicted octanol–water partition coefficient (Wildman–Crippen LogP) is 3.52. The first-order chi connectivity index (χ1) is 17.1. The van der Waals surface area contributed by atoms with Crippen LogP contribution in [0.5, 0.6) is 5.75 Å². The van der Waals surface area contributed by atoms with Crippen LogP contribution in [0.4, 0.5) is 5.69 Å². The molecule has 0 aliphatic heterocycles. The molecule has 0 fully saturated rings. The summed E-state index contributed by atoms with van der Waals surface area (Å²) in [5, 5.41) is 3.36. The first kappa shape index (κ1) is 25.2. The highest BCUT2D eigenvalue weighted by Gasteiger charge is 2.25. The van der Waals surface area contributed by atoms with Crippen LogP contribution in [0, 0.1) is 6.92 Å². The number of hydrogen-bond acceptors (Lipinski definition) is 6. The molecule has 2 aromatic carbocycles. The van der Waals surface area contributed by atoms with Gasteiger partial charge in [0.05, 0.1) is 23.1 Å². The van der Waals surface area contributed by atoms with Gasteiger partial charge in [-0.25, -0.2) is 9.36 Å². The van der Waals surface area contributed by atoms with E-state index in [0.29, 0.717) is 26.9 Å². The van der Waals surface area contributed by atoms with Crippen molar-refractivity contribution in [1.82, 2.24) is 14.0 Å². The van der Waals surface area contributed by atoms with E-state index in [1.54, 1.807) is 69.6 Å². The number of anilines is 1. The fourth-order valence-corrected chi connectivity index (χ4v) is 5.28. The Kier molecular flexibility index (Phi) is 7.00. The number of ether oxygens (including phenoxy) is 1. The van der Waals surface area contributed by atoms with E-state index in [4.69, 9.17) is 16.3 Å². The standard InChI is InChI=1S/C25H23ClN4O5S/c1-14-20-22(32)30(17-9-6-10-18(12-17)35-4)25(34)29(24(20)36-21(14)23(33)28(2)3)13-19(31)27-16-8-5-7-15(26)11-16/h5-12H,13H2,1-4H3,(H,27,31). The molecule has 4 rings (SSSR count). The Morgan fingerprint density at radius 2 is 1.83 bits per heavy atom. The lowest BCUT2D eigenvalue weighted by molar-refractivity contribution is -0.116. The van der Waals surface area contributed by atoms with Crippen LogP contribution >= 0.6 is 22.9 Å². The van der Waals surface area contributed by atoms with Gasteiger partial charge in [0, 0.05) is 30.9 Å². The quantitative estimate of drug-likeness (QED) is 0.414. The first-order valence-corrected chi connectivity index (χ1v) is 12.0. The van der Waals surface area contributed by atoms with Gasteiger partial charge in [0.25, 0.3) is 11.5 Å². The zero-order chi connectivity index (χ0) is 26.1. The summed E-state index contributed by atoms with van der Waals surface area (Å²) in [6.45, 7) is 1.27. The van der Waals surface area contributed by atoms with E-state index in [9.17, 15) is 19.2 Å². The number of aryl methyl sites for hydroxylation is 1. The second kappa shape index (κ2) is 10.00. The molecule has 36 heavy (non-hydrogen) atoms. The van der Waals surface area contributed by atoms with Gasteiger partial charge >= 0.3 is 5.69 Å². The van der Waals surface area contributed by atoms with E-state index in [-0.39, 0.29) is 28.4 Å². The van der Waals surface area contributed by atoms with Crippen LogP contribution in [0.2, 0.25) is 5.02 Å². The maximum Gasteiger partial charge on any atom is 0.337 e. The van der Waals surface area contributed by atoms with Crippen LogP contribution in [0.1, 0.15) is 15.2 Å². The molecule has 0 saturated carbocycles. The molecule has 2 aromatic heterocycles. The predicted molar refractivity (Wildman–Crippen MR) is 141 cm³/mol. The molecule has 0 spiro atoms. The highest BCUT2D eigenvalue weighted by Crippen LogP contribution is 2.29. The van der Waals surface area contributed by atoms with E-state index in [1.165, 1.54) is 16.6 Å². The van der Waals surface area contributed by atoms with Gasteiger partial charge in [0.2, 0.25) is 5.91 Å². The van der Waals surface area contributed by atoms with Crippen molar-refractivity contribution < 1.29 is 14.3 Å². The molecule has 0 aliphatic carbocycles. The van der Waals surface area contributed by atoms with Gasteiger partial charge in [-0.3, -0.25) is 19.0 Å². The van der Waals surface area contributed by atoms with E-state index in [0.717, 1.165) is 15.9 Å². The molecule has 11 heteroatoms. The fourth-order valence-electron chi connectivity index (χ4n) is 3.78. The number of nitrogens with one attached hydrogen (secondary N) is 1. The van der Waals surface area contributed by atoms with Crippen LogP contribution in [0.15, 0.2) is 58.1 Å². The van der Waals surface area contributed by atoms with Crippen LogP contribution < -0.4 is 21.3 Å². The van der Waals surface area contributed by atoms with E-state index in [2.05, 4.69) is 5.32 Å². The number of benzene rings is 2. The third-order valence-electron chi connectivity index (χ3n) is 5.53. The number of nitrogens with zero attached hydrogens (tertiary/aromatic N) is 3. The Hall–Kier alpha value is -3.89. The van der Waals surface area contributed by atoms with Crippen LogP contribution in [-0.4, -0.2) is 47.1 Å². The highest BCUT2D eigenvalue weighted by atomic mass is 35.5. The molecule has 0 saturated heterocycles. The normalized spacial score (nSPS) is 10.9. The van der Waals surface area contributed by atoms with Gasteiger partial charge in [0.15, 0.2) is 0 Å². The minimum absolute atomic E-state index is 0.197. The van der Waals surface area contributed by atoms with Crippen LogP contribution in [0.3, 0.4) is 0 Å². The third-order valence-corrected chi connectivity index (χ3v) is 7.07. The lowest BCUT2D eigenvalue weighted by Crippen LogP contribution is -2.40. The van der Waals surface area contributed by atoms with Gasteiger partial charge < -0.3 is 15.0 Å². The maximum absolute atomic E-state index is 13.7. The number of carbonyl (C=O) groups is 2. The monoisotopic (exact) mass is 526 g/mol. The number of thiophene rings is 1. The molecule has 2 amide bonds. The van der Waals surface area contributed by atoms with Gasteiger partial charge in [-0.05, 0) is 42.8 Å². The number of methoxy groups -OCH3 is 1. The number of halogens is 1. The summed E-state index contributed by atoms with van der Waals surface area (Å²) >= 11 is 7.02. The Morgan fingerprint density at radius 3 is 2.50 bits per heavy atom. The smallest absolute Gasteiger partial charge is 0.337 e. The van der Waals surface area contributed by atoms with Crippen molar-refractivity contribution in [2.45, 2.75) is 13.5 Å². The third kappa shape index (κ3) is 4.65. The lowest BCUT2D eigenvalue weighted by atomic mass is 10.2. The molecular formula is C25H23ClN4O5S. The van der Waals surface area contributed by atoms with Crippen molar-refractivity contribution in [3.8, 4) is 11.4 Å². The molecule has 0 radical (unpaired) electrons. The average Bonchev–Trinajstić information content (AvgIpc) is 3.18. The number of rotatable bonds is 6. The Bertz CT molecular complexity index is 1620. The molecule has 2 heterocycles. The van der Waals surface area contributed by atoms with E-state index >= 15 is 0 Å². The summed E-state index contributed by atoms with van der Waals surface area (Å²) in [7, 11) is 4.68. The number of carbonyl (C=O) groups excluding carboxylic acids is 2. The molecule has 0 aliphatic rings. The molecule has 0 unspecified atom stereocenters. The number of hydrogen-bond donors (Lipinski definition) is 1. The number of fused-ring (bicyclic) bond motifs is 1. The second-order valence-corrected chi connectivity index (χ2v) is 9.64. The van der Waals surface area contributed by atoms with Crippen molar-refractivity contribution in [2.75, 3.05) is 26.5 Å². The van der Waals surface area contributed by atoms with Crippen molar-refractivity contribution in [3.63, 3.8) is 0 Å². The summed E-state index contributed by atoms with van der Waals surface area (Å²) in [4.78, 5) is 55.0. The van der Waals surface area contributed by atoms with Crippen molar-refractivity contribution in [3.05, 3.63) is 84.8 Å². The maximum atomic E-state index is 13.7. The molecule has 4 aromatic rings. The Morgan fingerprint density at radius 1 is 1.11 bits per heavy atom. The summed E-state index contributed by atoms with van der Waals surface area (Å²) in [6.07, 6.45) is 0. The summed E-state index contributed by atoms with van der Waals surface area (Å²) < 4.78 is 7.45. The lowest BCUT2D eigenvalue weighted by Gasteiger charge is -2.13. The molecular weight excluding hydrogens is 504 g/mol. The average molecular weight is 527 g/mol. The van der Waals surface area contributed by atoms with Crippen molar-refractivity contribution >= 4 is 50.7 Å². The minimum atomic E-state index is -0.716. The Balaban J connectivity index is 1.94. The van der Waals surface area contributed by atoms with Crippen molar-refractivity contribution in [1.29, 1.82) is 0 Å². The number of aromatic nitrogens is 2. The highest BCUT2D eigenvalue weighted by molar-refractivity contribution is 7.20. The zero-order valence-electron chi connectivity index (χ0n) is 20.0. The molecule has 0 bridgehead atoms. The minimum Gasteiger partial charge on any atom is -0.497 e. The summed E-state index contributed by atoms with van der Waals surface area (Å²) in [5.41, 5.74) is -0.113. The van der Waals surface area contributed by atoms with E-state index in [1.807, 2.05) is 0 Å². The van der Waals surface area contributed by atoms with Gasteiger partial charge in [0.1, 0.15) is 17.1 Å². The summed E-state index contributed by atoms with van der Waals surface area (Å²) in [5.74, 6) is -0.346. The van der Waals surface area contributed by atoms with E-state index < -0.39 is 17.2 Å². The zero-order valence-corrected chi connectivity index (χ0v) is 21.6. The first-order valence-electron chi connectivity index (χ1n) is 10.8. The van der Waals surface area contributed by atoms with Crippen molar-refractivity contribution in [2.24, 2.45) is 0 Å². The molecule has 1 N–H and O–H groups in total. The fraction of sp³-hybridized carbons (Fsp3) is 0.200. The molecule has 0 atom stereocenters. The largest absolute Gasteiger partial charge is 0.497 e. The van der Waals surface area contributed by atoms with Gasteiger partial charge in [-0.15, -0.1) is 11.3 Å². The van der Waals surface area contributed by atoms with Gasteiger partial charge in [-0.2, -0.15) is 0 Å². The van der Waals surface area contributed by atoms with Crippen LogP contribution in [0.25, 0.3) is 15.9 Å². The molecule has 186 valence electrons.